The highest BCUT2D eigenvalue weighted by Gasteiger charge is 2.47. The van der Waals surface area contributed by atoms with Crippen molar-refractivity contribution >= 4 is 28.5 Å². The highest BCUT2D eigenvalue weighted by Crippen LogP contribution is 2.40. The van der Waals surface area contributed by atoms with Crippen LogP contribution in [0.4, 0.5) is 5.82 Å². The molecule has 0 radical (unpaired) electrons. The van der Waals surface area contributed by atoms with Crippen molar-refractivity contribution in [3.8, 4) is 6.07 Å². The summed E-state index contributed by atoms with van der Waals surface area (Å²) in [4.78, 5) is 38.6. The lowest BCUT2D eigenvalue weighted by atomic mass is 9.82. The van der Waals surface area contributed by atoms with Crippen molar-refractivity contribution in [3.63, 3.8) is 0 Å². The SMILES string of the molecule is CC1NC(=O)C2(CCN(Cc3cc4c5c(nc(C#N)nc5c3CC(C)(C)C)N(C)C4)CC2)NC1=O. The van der Waals surface area contributed by atoms with Crippen LogP contribution in [-0.4, -0.2) is 58.4 Å². The number of amides is 2. The Morgan fingerprint density at radius 1 is 1.23 bits per heavy atom. The molecule has 184 valence electrons. The van der Waals surface area contributed by atoms with E-state index in [4.69, 9.17) is 4.98 Å². The van der Waals surface area contributed by atoms with Gasteiger partial charge in [-0.15, -0.1) is 0 Å². The second-order valence-corrected chi connectivity index (χ2v) is 11.5. The van der Waals surface area contributed by atoms with Crippen LogP contribution in [0.15, 0.2) is 6.07 Å². The molecule has 0 aliphatic carbocycles. The predicted molar refractivity (Wildman–Crippen MR) is 133 cm³/mol. The molecule has 4 heterocycles. The lowest BCUT2D eigenvalue weighted by Gasteiger charge is -2.44. The molecule has 2 fully saturated rings. The van der Waals surface area contributed by atoms with Gasteiger partial charge < -0.3 is 15.5 Å². The summed E-state index contributed by atoms with van der Waals surface area (Å²) < 4.78 is 0. The molecule has 3 aliphatic rings. The Morgan fingerprint density at radius 2 is 1.94 bits per heavy atom. The van der Waals surface area contributed by atoms with Gasteiger partial charge in [-0.2, -0.15) is 5.26 Å². The first kappa shape index (κ1) is 23.5. The zero-order valence-electron chi connectivity index (χ0n) is 21.2. The van der Waals surface area contributed by atoms with Gasteiger partial charge in [-0.25, -0.2) is 9.97 Å². The Balaban J connectivity index is 1.48. The van der Waals surface area contributed by atoms with E-state index in [1.807, 2.05) is 7.05 Å². The van der Waals surface area contributed by atoms with Crippen molar-refractivity contribution in [2.24, 2.45) is 5.41 Å². The standard InChI is InChI=1S/C26H33N7O2/c1-15-23(34)31-26(24(35)28-15)6-8-33(9-7-26)14-16-10-17-13-32(5)22-20(17)21(29-19(12-27)30-22)18(16)11-25(2,3)4/h10,15H,6-9,11,13-14H2,1-5H3,(H,28,35)(H,31,34). The molecular formula is C26H33N7O2. The van der Waals surface area contributed by atoms with Crippen LogP contribution in [0.2, 0.25) is 0 Å². The van der Waals surface area contributed by atoms with Gasteiger partial charge >= 0.3 is 0 Å². The highest BCUT2D eigenvalue weighted by molar-refractivity contribution is 6.00. The van der Waals surface area contributed by atoms with Crippen LogP contribution in [0.3, 0.4) is 0 Å². The molecule has 9 heteroatoms. The zero-order chi connectivity index (χ0) is 25.1. The lowest BCUT2D eigenvalue weighted by Crippen LogP contribution is -2.71. The van der Waals surface area contributed by atoms with Crippen LogP contribution < -0.4 is 15.5 Å². The van der Waals surface area contributed by atoms with Gasteiger partial charge in [0.05, 0.1) is 5.52 Å². The number of nitrogens with zero attached hydrogens (tertiary/aromatic N) is 5. The Morgan fingerprint density at radius 3 is 2.60 bits per heavy atom. The van der Waals surface area contributed by atoms with Gasteiger partial charge in [0.15, 0.2) is 0 Å². The number of carbonyl (C=O) groups excluding carboxylic acids is 2. The van der Waals surface area contributed by atoms with E-state index in [1.54, 1.807) is 6.92 Å². The minimum Gasteiger partial charge on any atom is -0.355 e. The van der Waals surface area contributed by atoms with E-state index in [1.165, 1.54) is 16.7 Å². The van der Waals surface area contributed by atoms with Crippen LogP contribution in [0, 0.1) is 16.7 Å². The van der Waals surface area contributed by atoms with E-state index in [0.29, 0.717) is 25.9 Å². The number of carbonyl (C=O) groups is 2. The summed E-state index contributed by atoms with van der Waals surface area (Å²) in [5.41, 5.74) is 3.69. The minimum absolute atomic E-state index is 0.0359. The van der Waals surface area contributed by atoms with E-state index >= 15 is 0 Å². The number of nitriles is 1. The molecule has 9 nitrogen and oxygen atoms in total. The third kappa shape index (κ3) is 4.10. The molecule has 2 aromatic rings. The number of aromatic nitrogens is 2. The Labute approximate surface area is 205 Å². The van der Waals surface area contributed by atoms with Crippen molar-refractivity contribution in [3.05, 3.63) is 28.6 Å². The van der Waals surface area contributed by atoms with Gasteiger partial charge in [0.2, 0.25) is 17.6 Å². The number of anilines is 1. The third-order valence-corrected chi connectivity index (χ3v) is 7.45. The van der Waals surface area contributed by atoms with Crippen LogP contribution in [0.1, 0.15) is 63.1 Å². The van der Waals surface area contributed by atoms with Gasteiger partial charge in [-0.05, 0) is 48.3 Å². The quantitative estimate of drug-likeness (QED) is 0.698. The fraction of sp³-hybridized carbons (Fsp3) is 0.577. The minimum atomic E-state index is -0.807. The van der Waals surface area contributed by atoms with Gasteiger partial charge in [0.1, 0.15) is 23.5 Å². The summed E-state index contributed by atoms with van der Waals surface area (Å²) in [7, 11) is 2.00. The summed E-state index contributed by atoms with van der Waals surface area (Å²) in [6, 6.07) is 3.94. The van der Waals surface area contributed by atoms with E-state index < -0.39 is 11.6 Å². The molecule has 1 aromatic heterocycles. The van der Waals surface area contributed by atoms with Crippen LogP contribution >= 0.6 is 0 Å². The number of hydrogen-bond acceptors (Lipinski definition) is 7. The second-order valence-electron chi connectivity index (χ2n) is 11.5. The van der Waals surface area contributed by atoms with Crippen LogP contribution in [0.5, 0.6) is 0 Å². The molecule has 1 atom stereocenters. The van der Waals surface area contributed by atoms with E-state index in [-0.39, 0.29) is 23.1 Å². The fourth-order valence-electron chi connectivity index (χ4n) is 5.62. The molecule has 1 aromatic carbocycles. The molecule has 35 heavy (non-hydrogen) atoms. The Hall–Kier alpha value is -3.25. The van der Waals surface area contributed by atoms with Gasteiger partial charge in [0.25, 0.3) is 0 Å². The normalized spacial score (nSPS) is 21.8. The molecule has 3 aliphatic heterocycles. The van der Waals surface area contributed by atoms with E-state index in [2.05, 4.69) is 58.3 Å². The zero-order valence-corrected chi connectivity index (χ0v) is 21.2. The van der Waals surface area contributed by atoms with Gasteiger partial charge in [-0.1, -0.05) is 26.8 Å². The van der Waals surface area contributed by atoms with Crippen LogP contribution in [-0.2, 0) is 29.1 Å². The molecule has 0 bridgehead atoms. The summed E-state index contributed by atoms with van der Waals surface area (Å²) in [5.74, 6) is 0.841. The number of piperazine rings is 1. The number of benzene rings is 1. The highest BCUT2D eigenvalue weighted by atomic mass is 16.2. The Kier molecular flexibility index (Phi) is 5.48. The average Bonchev–Trinajstić information content (AvgIpc) is 3.11. The molecule has 2 saturated heterocycles. The monoisotopic (exact) mass is 475 g/mol. The first-order chi connectivity index (χ1) is 16.5. The van der Waals surface area contributed by atoms with Gasteiger partial charge in [0, 0.05) is 38.6 Å². The summed E-state index contributed by atoms with van der Waals surface area (Å²) in [6.07, 6.45) is 2.00. The van der Waals surface area contributed by atoms with Crippen molar-refractivity contribution in [2.45, 2.75) is 71.6 Å². The molecular weight excluding hydrogens is 442 g/mol. The molecule has 2 N–H and O–H groups in total. The summed E-state index contributed by atoms with van der Waals surface area (Å²) in [5, 5.41) is 16.5. The summed E-state index contributed by atoms with van der Waals surface area (Å²) in [6.45, 7) is 11.3. The third-order valence-electron chi connectivity index (χ3n) is 7.45. The van der Waals surface area contributed by atoms with Crippen molar-refractivity contribution in [2.75, 3.05) is 25.0 Å². The maximum Gasteiger partial charge on any atom is 0.246 e. The molecule has 0 saturated carbocycles. The first-order valence-electron chi connectivity index (χ1n) is 12.3. The fourth-order valence-corrected chi connectivity index (χ4v) is 5.62. The Bertz CT molecular complexity index is 1270. The number of hydrogen-bond donors (Lipinski definition) is 2. The van der Waals surface area contributed by atoms with Gasteiger partial charge in [-0.3, -0.25) is 14.5 Å². The number of rotatable bonds is 3. The first-order valence-corrected chi connectivity index (χ1v) is 12.3. The maximum absolute atomic E-state index is 12.7. The molecule has 1 unspecified atom stereocenters. The topological polar surface area (TPSA) is 114 Å². The second kappa shape index (κ2) is 8.16. The maximum atomic E-state index is 12.7. The smallest absolute Gasteiger partial charge is 0.246 e. The lowest BCUT2D eigenvalue weighted by molar-refractivity contribution is -0.143. The van der Waals surface area contributed by atoms with Crippen molar-refractivity contribution in [1.29, 1.82) is 5.26 Å². The van der Waals surface area contributed by atoms with E-state index in [9.17, 15) is 14.9 Å². The van der Waals surface area contributed by atoms with Crippen molar-refractivity contribution in [1.82, 2.24) is 25.5 Å². The van der Waals surface area contributed by atoms with E-state index in [0.717, 1.165) is 36.2 Å². The molecule has 5 rings (SSSR count). The number of nitrogens with one attached hydrogen (secondary N) is 2. The largest absolute Gasteiger partial charge is 0.355 e. The molecule has 2 amide bonds. The molecule has 1 spiro atoms. The van der Waals surface area contributed by atoms with Crippen molar-refractivity contribution < 1.29 is 9.59 Å². The number of piperidine rings is 1. The van der Waals surface area contributed by atoms with Crippen LogP contribution in [0.25, 0.3) is 10.9 Å². The average molecular weight is 476 g/mol. The predicted octanol–water partition coefficient (Wildman–Crippen LogP) is 2.01. The number of likely N-dealkylation sites (tertiary alicyclic amines) is 1. The summed E-state index contributed by atoms with van der Waals surface area (Å²) >= 11 is 0.